The lowest BCUT2D eigenvalue weighted by molar-refractivity contribution is 0.446. The number of aromatic hydroxyl groups is 1. The van der Waals surface area contributed by atoms with Crippen molar-refractivity contribution in [3.63, 3.8) is 0 Å². The molecule has 8 aromatic rings. The second-order valence-corrected chi connectivity index (χ2v) is 17.9. The van der Waals surface area contributed by atoms with Gasteiger partial charge in [-0.3, -0.25) is 9.55 Å². The molecule has 0 saturated heterocycles. The van der Waals surface area contributed by atoms with Crippen LogP contribution < -0.4 is 0 Å². The number of imidazole rings is 1. The van der Waals surface area contributed by atoms with E-state index in [1.807, 2.05) is 65.8 Å². The van der Waals surface area contributed by atoms with E-state index in [0.717, 1.165) is 5.56 Å². The van der Waals surface area contributed by atoms with E-state index >= 15 is 0 Å². The molecule has 0 bridgehead atoms. The first-order valence-electron chi connectivity index (χ1n) is 33.4. The van der Waals surface area contributed by atoms with E-state index in [9.17, 15) is 5.11 Å². The first-order chi connectivity index (χ1) is 40.5. The van der Waals surface area contributed by atoms with E-state index in [-0.39, 0.29) is 39.6 Å². The van der Waals surface area contributed by atoms with Gasteiger partial charge < -0.3 is 5.11 Å². The van der Waals surface area contributed by atoms with Gasteiger partial charge in [0.25, 0.3) is 0 Å². The summed E-state index contributed by atoms with van der Waals surface area (Å²) in [7, 11) is 0. The van der Waals surface area contributed by atoms with E-state index in [0.29, 0.717) is 45.9 Å². The molecule has 8 rings (SSSR count). The van der Waals surface area contributed by atoms with Crippen LogP contribution in [0.4, 0.5) is 0 Å². The summed E-state index contributed by atoms with van der Waals surface area (Å²) in [5.41, 5.74) is -9.26. The number of aromatic nitrogens is 3. The third-order valence-corrected chi connectivity index (χ3v) is 11.9. The largest absolute Gasteiger partial charge is 0.507 e. The minimum atomic E-state index is -4.20. The molecule has 2 aromatic heterocycles. The number of benzene rings is 6. The predicted octanol–water partition coefficient (Wildman–Crippen LogP) is 16.3. The molecule has 0 saturated carbocycles. The number of phenolic OH excluding ortho intramolecular Hbond substituents is 1. The number of phenols is 1. The summed E-state index contributed by atoms with van der Waals surface area (Å²) in [4.78, 5) is 9.83. The van der Waals surface area contributed by atoms with Gasteiger partial charge in [-0.2, -0.15) is 0 Å². The fraction of sp³-hybridized carbons (Fsp3) is 0.300. The minimum absolute atomic E-state index is 0.0602. The Morgan fingerprint density at radius 2 is 1.30 bits per heavy atom. The van der Waals surface area contributed by atoms with E-state index in [1.165, 1.54) is 22.9 Å². The summed E-state index contributed by atoms with van der Waals surface area (Å²) in [5.74, 6) is -1.92. The molecule has 326 valence electrons. The highest BCUT2D eigenvalue weighted by Gasteiger charge is 2.30. The molecule has 4 heteroatoms. The van der Waals surface area contributed by atoms with Crippen LogP contribution in [-0.2, 0) is 21.7 Å². The quantitative estimate of drug-likeness (QED) is 0.166. The molecule has 0 fully saturated rings. The Labute approximate surface area is 417 Å². The average molecular weight is 869 g/mol. The van der Waals surface area contributed by atoms with E-state index in [4.69, 9.17) is 39.3 Å². The maximum atomic E-state index is 13.1. The van der Waals surface area contributed by atoms with Gasteiger partial charge in [0, 0.05) is 57.2 Å². The Hall–Kier alpha value is -6.26. The Bertz CT molecular complexity index is 3940. The smallest absolute Gasteiger partial charge is 0.149 e. The van der Waals surface area contributed by atoms with Gasteiger partial charge in [0.15, 0.2) is 0 Å². The highest BCUT2D eigenvalue weighted by atomic mass is 16.3. The number of pyridine rings is 1. The summed E-state index contributed by atoms with van der Waals surface area (Å²) in [6.07, 6.45) is 2.05. The summed E-state index contributed by atoms with van der Waals surface area (Å²) >= 11 is 0. The molecule has 1 N–H and O–H groups in total. The zero-order valence-corrected chi connectivity index (χ0v) is 36.5. The maximum Gasteiger partial charge on any atom is 0.149 e. The van der Waals surface area contributed by atoms with Crippen molar-refractivity contribution in [2.45, 2.75) is 118 Å². The van der Waals surface area contributed by atoms with E-state index in [2.05, 4.69) is 4.98 Å². The predicted molar refractivity (Wildman–Crippen MR) is 272 cm³/mol. The lowest BCUT2D eigenvalue weighted by Crippen LogP contribution is -2.17. The van der Waals surface area contributed by atoms with Gasteiger partial charge in [0.05, 0.1) is 33.5 Å². The Balaban J connectivity index is 1.61. The molecule has 0 aliphatic rings. The fourth-order valence-electron chi connectivity index (χ4n) is 7.83. The highest BCUT2D eigenvalue weighted by Crippen LogP contribution is 2.46. The molecule has 0 radical (unpaired) electrons. The summed E-state index contributed by atoms with van der Waals surface area (Å²) in [5, 5.41) is 13.1. The van der Waals surface area contributed by atoms with Crippen LogP contribution in [0.3, 0.4) is 0 Å². The van der Waals surface area contributed by atoms with Crippen LogP contribution in [0, 0.1) is 6.85 Å². The van der Waals surface area contributed by atoms with Crippen molar-refractivity contribution in [3.05, 3.63) is 167 Å². The number of hydrogen-bond acceptors (Lipinski definition) is 3. The van der Waals surface area contributed by atoms with Crippen molar-refractivity contribution >= 4 is 11.0 Å². The number of fused-ring (bicyclic) bond motifs is 1. The van der Waals surface area contributed by atoms with Crippen molar-refractivity contribution < 1.29 is 39.4 Å². The second kappa shape index (κ2) is 16.4. The lowest BCUT2D eigenvalue weighted by atomic mass is 9.78. The SMILES string of the molecule is [2H]c1c([2H])c(C([2H])([2H])[2H])c([2H])c([2H])c1-c1ccnc(-c2cc(-c3cccc4c3nc(-c3cc(C(C([2H])([2H])[2H])(C([2H])([2H])[2H])C([2H])([2H])[2H])cc(C(C([2H])([2H])[2H])(C([2H])([2H])[2H])C([2H])([2H])[2H])c3O)n4-c3ccc(C(C)(C)CC)cc3-c3ccccc3)cc(C(C)(C)C)c2)c1. The monoisotopic (exact) mass is 869 g/mol. The van der Waals surface area contributed by atoms with Gasteiger partial charge in [-0.25, -0.2) is 4.98 Å². The van der Waals surface area contributed by atoms with Crippen LogP contribution in [0.2, 0.25) is 0 Å². The lowest BCUT2D eigenvalue weighted by Gasteiger charge is -2.28. The van der Waals surface area contributed by atoms with Crippen LogP contribution in [-0.4, -0.2) is 19.6 Å². The fourth-order valence-corrected chi connectivity index (χ4v) is 7.83. The molecular weight excluding hydrogens is 779 g/mol. The summed E-state index contributed by atoms with van der Waals surface area (Å²) < 4.78 is 219. The standard InChI is InChI=1S/C60H65N3O/c1-14-60(12,13)44-27-28-52(48(35-44)40-19-16-15-17-20-40)63-53-22-18-21-47(54(53)62-56(63)49-36-46(58(6,7)8)37-50(55(49)64)59(9,10)11)42-31-43(33-45(32-42)57(3,4)5)51-34-41(29-30-61-51)39-25-23-38(2)24-26-39/h15-37,64H,14H2,1-13H3/i2D3,6D3,7D3,8D3,9D3,10D3,11D3,23D,24D,25D,26D. The molecule has 0 spiro atoms. The third-order valence-electron chi connectivity index (χ3n) is 11.9. The zero-order chi connectivity index (χ0) is 66.9. The van der Waals surface area contributed by atoms with Crippen LogP contribution in [0.15, 0.2) is 140 Å². The Kier molecular flexibility index (Phi) is 5.91. The van der Waals surface area contributed by atoms with Crippen LogP contribution in [0.5, 0.6) is 5.75 Å². The number of para-hydroxylation sites is 1. The molecule has 6 aromatic carbocycles. The van der Waals surface area contributed by atoms with Gasteiger partial charge >= 0.3 is 0 Å². The molecule has 0 aliphatic carbocycles. The normalized spacial score (nSPS) is 19.7. The van der Waals surface area contributed by atoms with Gasteiger partial charge in [-0.1, -0.05) is 173 Å². The first-order valence-corrected chi connectivity index (χ1v) is 20.9. The molecule has 0 unspecified atom stereocenters. The summed E-state index contributed by atoms with van der Waals surface area (Å²) in [6, 6.07) is 26.0. The van der Waals surface area contributed by atoms with Crippen LogP contribution in [0.1, 0.15) is 151 Å². The molecule has 2 heterocycles. The van der Waals surface area contributed by atoms with Gasteiger partial charge in [0.1, 0.15) is 11.6 Å². The Morgan fingerprint density at radius 1 is 0.594 bits per heavy atom. The van der Waals surface area contributed by atoms with Crippen LogP contribution >= 0.6 is 0 Å². The number of rotatable bonds is 8. The average Bonchev–Trinajstić information content (AvgIpc) is 1.24. The Morgan fingerprint density at radius 3 is 1.98 bits per heavy atom. The molecule has 0 atom stereocenters. The van der Waals surface area contributed by atoms with Crippen molar-refractivity contribution in [1.82, 2.24) is 14.5 Å². The minimum Gasteiger partial charge on any atom is -0.507 e. The van der Waals surface area contributed by atoms with Crippen molar-refractivity contribution in [3.8, 4) is 67.5 Å². The van der Waals surface area contributed by atoms with Gasteiger partial charge in [-0.15, -0.1) is 0 Å². The van der Waals surface area contributed by atoms with Gasteiger partial charge in [-0.05, 0) is 122 Å². The zero-order valence-electron chi connectivity index (χ0n) is 61.5. The van der Waals surface area contributed by atoms with Gasteiger partial charge in [0.2, 0.25) is 0 Å². The van der Waals surface area contributed by atoms with Crippen molar-refractivity contribution in [1.29, 1.82) is 0 Å². The molecule has 64 heavy (non-hydrogen) atoms. The second-order valence-electron chi connectivity index (χ2n) is 17.9. The summed E-state index contributed by atoms with van der Waals surface area (Å²) in [6.45, 7) is -16.0. The van der Waals surface area contributed by atoms with Crippen molar-refractivity contribution in [2.75, 3.05) is 0 Å². The first kappa shape index (κ1) is 23.1. The van der Waals surface area contributed by atoms with E-state index < -0.39 is 128 Å². The topological polar surface area (TPSA) is 50.9 Å². The number of nitrogens with zero attached hydrogens (tertiary/aromatic N) is 3. The molecular formula is C60H65N3O. The third kappa shape index (κ3) is 8.55. The maximum absolute atomic E-state index is 13.1. The molecule has 0 amide bonds. The van der Waals surface area contributed by atoms with Crippen molar-refractivity contribution in [2.24, 2.45) is 0 Å². The highest BCUT2D eigenvalue weighted by molar-refractivity contribution is 5.98. The van der Waals surface area contributed by atoms with Crippen LogP contribution in [0.25, 0.3) is 72.7 Å². The van der Waals surface area contributed by atoms with E-state index in [1.54, 1.807) is 60.7 Å². The number of hydrogen-bond donors (Lipinski definition) is 1. The molecule has 4 nitrogen and oxygen atoms in total. The molecule has 0 aliphatic heterocycles.